The van der Waals surface area contributed by atoms with E-state index in [1.807, 2.05) is 71.6 Å². The summed E-state index contributed by atoms with van der Waals surface area (Å²) in [7, 11) is 3.14. The van der Waals surface area contributed by atoms with E-state index in [2.05, 4.69) is 4.98 Å². The summed E-state index contributed by atoms with van der Waals surface area (Å²) >= 11 is 0. The van der Waals surface area contributed by atoms with Crippen LogP contribution in [0.25, 0.3) is 11.0 Å². The number of fused-ring (bicyclic) bond motifs is 2. The van der Waals surface area contributed by atoms with Gasteiger partial charge in [0, 0.05) is 26.2 Å². The minimum Gasteiger partial charge on any atom is -0.497 e. The molecule has 4 heterocycles. The summed E-state index contributed by atoms with van der Waals surface area (Å²) in [6, 6.07) is 21.4. The zero-order valence-electron chi connectivity index (χ0n) is 20.7. The number of nitrogens with zero attached hydrogens (tertiary/aromatic N) is 6. The molecule has 37 heavy (non-hydrogen) atoms. The van der Waals surface area contributed by atoms with E-state index in [1.165, 1.54) is 11.6 Å². The highest BCUT2D eigenvalue weighted by Crippen LogP contribution is 2.35. The molecule has 9 nitrogen and oxygen atoms in total. The Hall–Kier alpha value is -4.66. The van der Waals surface area contributed by atoms with E-state index in [0.29, 0.717) is 29.9 Å². The quantitative estimate of drug-likeness (QED) is 0.361. The summed E-state index contributed by atoms with van der Waals surface area (Å²) in [6.45, 7) is 1.36. The summed E-state index contributed by atoms with van der Waals surface area (Å²) in [5.41, 5.74) is 3.58. The molecule has 2 aromatic carbocycles. The van der Waals surface area contributed by atoms with Gasteiger partial charge in [-0.2, -0.15) is 5.10 Å². The molecule has 5 aromatic rings. The van der Waals surface area contributed by atoms with Gasteiger partial charge in [-0.3, -0.25) is 18.9 Å². The highest BCUT2D eigenvalue weighted by atomic mass is 16.5. The van der Waals surface area contributed by atoms with E-state index in [0.717, 1.165) is 34.7 Å². The average molecular weight is 495 g/mol. The fraction of sp³-hybridized carbons (Fsp3) is 0.214. The van der Waals surface area contributed by atoms with Gasteiger partial charge < -0.3 is 9.64 Å². The standard InChI is InChI=1S/C28H26N6O3/c1-31-27(35)24-25(32-16-14-22-23(32)9-6-15-29-22)30-34(18-19-7-4-3-5-8-19)26(24)33(28(31)36)17-20-10-12-21(37-2)13-11-20/h3-13,15H,14,16-18H2,1-2H3. The third-order valence-corrected chi connectivity index (χ3v) is 6.86. The van der Waals surface area contributed by atoms with Crippen molar-refractivity contribution < 1.29 is 4.74 Å². The first-order valence-corrected chi connectivity index (χ1v) is 12.1. The largest absolute Gasteiger partial charge is 0.497 e. The van der Waals surface area contributed by atoms with Crippen molar-refractivity contribution in [3.8, 4) is 5.75 Å². The van der Waals surface area contributed by atoms with Crippen LogP contribution in [0.15, 0.2) is 82.5 Å². The van der Waals surface area contributed by atoms with Gasteiger partial charge in [0.25, 0.3) is 5.56 Å². The van der Waals surface area contributed by atoms with Crippen LogP contribution in [-0.2, 0) is 26.6 Å². The number of aromatic nitrogens is 5. The maximum Gasteiger partial charge on any atom is 0.332 e. The number of rotatable bonds is 6. The molecule has 186 valence electrons. The Morgan fingerprint density at radius 3 is 2.43 bits per heavy atom. The minimum absolute atomic E-state index is 0.283. The van der Waals surface area contributed by atoms with Crippen molar-refractivity contribution in [3.63, 3.8) is 0 Å². The lowest BCUT2D eigenvalue weighted by Gasteiger charge is -2.16. The molecule has 0 atom stereocenters. The molecule has 1 aliphatic rings. The molecular formula is C28H26N6O3. The number of pyridine rings is 1. The lowest BCUT2D eigenvalue weighted by Crippen LogP contribution is -2.39. The Morgan fingerprint density at radius 2 is 1.68 bits per heavy atom. The lowest BCUT2D eigenvalue weighted by molar-refractivity contribution is 0.414. The van der Waals surface area contributed by atoms with E-state index in [4.69, 9.17) is 9.84 Å². The molecule has 0 bridgehead atoms. The Balaban J connectivity index is 1.60. The van der Waals surface area contributed by atoms with Gasteiger partial charge in [0.1, 0.15) is 11.1 Å². The van der Waals surface area contributed by atoms with Gasteiger partial charge in [-0.25, -0.2) is 9.48 Å². The molecule has 0 radical (unpaired) electrons. The zero-order valence-corrected chi connectivity index (χ0v) is 20.7. The molecule has 0 N–H and O–H groups in total. The van der Waals surface area contributed by atoms with Crippen molar-refractivity contribution >= 4 is 22.5 Å². The fourth-order valence-corrected chi connectivity index (χ4v) is 4.97. The Morgan fingerprint density at radius 1 is 0.919 bits per heavy atom. The topological polar surface area (TPSA) is 87.2 Å². The number of methoxy groups -OCH3 is 1. The van der Waals surface area contributed by atoms with Crippen LogP contribution in [-0.4, -0.2) is 37.6 Å². The summed E-state index contributed by atoms with van der Waals surface area (Å²) < 4.78 is 9.87. The molecule has 0 saturated heterocycles. The second-order valence-electron chi connectivity index (χ2n) is 9.12. The molecule has 6 rings (SSSR count). The summed E-state index contributed by atoms with van der Waals surface area (Å²) in [5, 5.41) is 5.38. The summed E-state index contributed by atoms with van der Waals surface area (Å²) in [6.07, 6.45) is 2.54. The van der Waals surface area contributed by atoms with Crippen LogP contribution in [0, 0.1) is 0 Å². The normalized spacial score (nSPS) is 12.8. The van der Waals surface area contributed by atoms with Gasteiger partial charge in [-0.15, -0.1) is 0 Å². The van der Waals surface area contributed by atoms with Crippen molar-refractivity contribution in [3.05, 3.63) is 111 Å². The highest BCUT2D eigenvalue weighted by Gasteiger charge is 2.29. The SMILES string of the molecule is COc1ccc(Cn2c(=O)n(C)c(=O)c3c(N4CCc5ncccc54)nn(Cc4ccccc4)c32)cc1. The van der Waals surface area contributed by atoms with Gasteiger partial charge in [-0.1, -0.05) is 42.5 Å². The molecule has 0 saturated carbocycles. The second kappa shape index (κ2) is 9.09. The maximum atomic E-state index is 13.6. The molecule has 0 aliphatic carbocycles. The van der Waals surface area contributed by atoms with Gasteiger partial charge in [0.05, 0.1) is 31.6 Å². The number of hydrogen-bond donors (Lipinski definition) is 0. The van der Waals surface area contributed by atoms with Crippen LogP contribution in [0.4, 0.5) is 11.5 Å². The predicted molar refractivity (Wildman–Crippen MR) is 142 cm³/mol. The summed E-state index contributed by atoms with van der Waals surface area (Å²) in [4.78, 5) is 33.7. The van der Waals surface area contributed by atoms with Crippen molar-refractivity contribution in [1.29, 1.82) is 0 Å². The first-order chi connectivity index (χ1) is 18.0. The van der Waals surface area contributed by atoms with Crippen LogP contribution in [0.1, 0.15) is 16.8 Å². The monoisotopic (exact) mass is 494 g/mol. The molecule has 0 fully saturated rings. The predicted octanol–water partition coefficient (Wildman–Crippen LogP) is 3.09. The van der Waals surface area contributed by atoms with E-state index < -0.39 is 5.69 Å². The zero-order chi connectivity index (χ0) is 25.5. The van der Waals surface area contributed by atoms with E-state index in [-0.39, 0.29) is 12.1 Å². The minimum atomic E-state index is -0.391. The Labute approximate surface area is 212 Å². The van der Waals surface area contributed by atoms with E-state index >= 15 is 0 Å². The number of ether oxygens (including phenoxy) is 1. The molecule has 0 spiro atoms. The van der Waals surface area contributed by atoms with Crippen molar-refractivity contribution in [2.45, 2.75) is 19.5 Å². The summed E-state index contributed by atoms with van der Waals surface area (Å²) in [5.74, 6) is 1.28. The molecular weight excluding hydrogens is 468 g/mol. The van der Waals surface area contributed by atoms with Crippen LogP contribution in [0.3, 0.4) is 0 Å². The number of benzene rings is 2. The highest BCUT2D eigenvalue weighted by molar-refractivity contribution is 5.91. The second-order valence-corrected chi connectivity index (χ2v) is 9.12. The van der Waals surface area contributed by atoms with Crippen LogP contribution in [0.2, 0.25) is 0 Å². The smallest absolute Gasteiger partial charge is 0.332 e. The first-order valence-electron chi connectivity index (χ1n) is 12.1. The third kappa shape index (κ3) is 3.88. The number of hydrogen-bond acceptors (Lipinski definition) is 6. The number of anilines is 2. The van der Waals surface area contributed by atoms with Crippen LogP contribution >= 0.6 is 0 Å². The van der Waals surface area contributed by atoms with Crippen molar-refractivity contribution in [2.75, 3.05) is 18.6 Å². The molecule has 0 amide bonds. The van der Waals surface area contributed by atoms with Gasteiger partial charge in [0.15, 0.2) is 11.5 Å². The van der Waals surface area contributed by atoms with Gasteiger partial charge in [-0.05, 0) is 35.4 Å². The van der Waals surface area contributed by atoms with Crippen LogP contribution in [0.5, 0.6) is 5.75 Å². The van der Waals surface area contributed by atoms with Gasteiger partial charge >= 0.3 is 5.69 Å². The fourth-order valence-electron chi connectivity index (χ4n) is 4.97. The third-order valence-electron chi connectivity index (χ3n) is 6.86. The van der Waals surface area contributed by atoms with E-state index in [9.17, 15) is 9.59 Å². The first kappa shape index (κ1) is 22.8. The lowest BCUT2D eigenvalue weighted by atomic mass is 10.2. The Kier molecular flexibility index (Phi) is 5.60. The average Bonchev–Trinajstić information content (AvgIpc) is 3.52. The Bertz CT molecular complexity index is 1720. The maximum absolute atomic E-state index is 13.6. The van der Waals surface area contributed by atoms with Crippen LogP contribution < -0.4 is 20.9 Å². The molecule has 0 unspecified atom stereocenters. The van der Waals surface area contributed by atoms with Crippen molar-refractivity contribution in [1.82, 2.24) is 23.9 Å². The molecule has 1 aliphatic heterocycles. The molecule has 9 heteroatoms. The van der Waals surface area contributed by atoms with E-state index in [1.54, 1.807) is 22.6 Å². The van der Waals surface area contributed by atoms with Gasteiger partial charge in [0.2, 0.25) is 0 Å². The molecule has 3 aromatic heterocycles. The van der Waals surface area contributed by atoms with Crippen molar-refractivity contribution in [2.24, 2.45) is 7.05 Å².